The molecule has 0 atom stereocenters. The Labute approximate surface area is 222 Å². The van der Waals surface area contributed by atoms with Gasteiger partial charge in [-0.15, -0.1) is 0 Å². The molecule has 0 spiro atoms. The van der Waals surface area contributed by atoms with E-state index in [0.717, 1.165) is 30.7 Å². The van der Waals surface area contributed by atoms with E-state index in [1.807, 2.05) is 75.4 Å². The molecule has 8 heteroatoms. The van der Waals surface area contributed by atoms with Gasteiger partial charge in [-0.05, 0) is 62.7 Å². The predicted octanol–water partition coefficient (Wildman–Crippen LogP) is 5.80. The third kappa shape index (κ3) is 6.03. The number of carbonyl (C=O) groups excluding carboxylic acids is 2. The summed E-state index contributed by atoms with van der Waals surface area (Å²) in [5.74, 6) is 0.260. The number of oxazole rings is 1. The minimum atomic E-state index is -0.493. The fourth-order valence-corrected chi connectivity index (χ4v) is 4.42. The lowest BCUT2D eigenvalue weighted by Gasteiger charge is -2.35. The molecule has 4 aromatic rings. The van der Waals surface area contributed by atoms with Crippen molar-refractivity contribution in [2.24, 2.45) is 0 Å². The van der Waals surface area contributed by atoms with Gasteiger partial charge in [-0.1, -0.05) is 36.4 Å². The van der Waals surface area contributed by atoms with Crippen molar-refractivity contribution in [1.82, 2.24) is 14.8 Å². The van der Waals surface area contributed by atoms with Crippen molar-refractivity contribution in [2.75, 3.05) is 31.5 Å². The highest BCUT2D eigenvalue weighted by atomic mass is 16.6. The van der Waals surface area contributed by atoms with E-state index in [2.05, 4.69) is 21.3 Å². The Morgan fingerprint density at radius 3 is 2.39 bits per heavy atom. The van der Waals surface area contributed by atoms with Crippen LogP contribution in [0.25, 0.3) is 22.6 Å². The topological polar surface area (TPSA) is 87.9 Å². The summed E-state index contributed by atoms with van der Waals surface area (Å²) in [6, 6.07) is 22.6. The highest BCUT2D eigenvalue weighted by molar-refractivity contribution is 6.06. The van der Waals surface area contributed by atoms with Gasteiger partial charge in [0.1, 0.15) is 11.1 Å². The standard InChI is InChI=1S/C30H32N4O4/c1-30(2,3)38-29(36)34-17-15-33(16-18-34)20-21-13-14-25-26(19-21)37-28(32-25)23-11-7-8-12-24(23)31-27(35)22-9-5-4-6-10-22/h4-14,19H,15-18,20H2,1-3H3,(H,31,35). The number of benzene rings is 3. The van der Waals surface area contributed by atoms with Gasteiger partial charge >= 0.3 is 6.09 Å². The number of nitrogens with zero attached hydrogens (tertiary/aromatic N) is 3. The van der Waals surface area contributed by atoms with E-state index in [4.69, 9.17) is 9.15 Å². The van der Waals surface area contributed by atoms with E-state index in [1.54, 1.807) is 17.0 Å². The second kappa shape index (κ2) is 10.7. The third-order valence-corrected chi connectivity index (χ3v) is 6.32. The lowest BCUT2D eigenvalue weighted by atomic mass is 10.1. The van der Waals surface area contributed by atoms with E-state index in [-0.39, 0.29) is 12.0 Å². The molecule has 8 nitrogen and oxygen atoms in total. The average Bonchev–Trinajstić information content (AvgIpc) is 3.32. The summed E-state index contributed by atoms with van der Waals surface area (Å²) in [7, 11) is 0. The molecule has 1 N–H and O–H groups in total. The molecule has 1 fully saturated rings. The van der Waals surface area contributed by atoms with Gasteiger partial charge in [0.25, 0.3) is 5.91 Å². The number of hydrogen-bond donors (Lipinski definition) is 1. The molecule has 1 aliphatic rings. The summed E-state index contributed by atoms with van der Waals surface area (Å²) < 4.78 is 11.7. The lowest BCUT2D eigenvalue weighted by Crippen LogP contribution is -2.49. The van der Waals surface area contributed by atoms with Gasteiger partial charge in [0, 0.05) is 38.3 Å². The molecule has 1 saturated heterocycles. The number of carbonyl (C=O) groups is 2. The summed E-state index contributed by atoms with van der Waals surface area (Å²) in [6.45, 7) is 9.20. The molecule has 0 aliphatic carbocycles. The summed E-state index contributed by atoms with van der Waals surface area (Å²) in [6.07, 6.45) is -0.256. The molecule has 1 aliphatic heterocycles. The molecule has 0 radical (unpaired) electrons. The van der Waals surface area contributed by atoms with Crippen LogP contribution in [0.5, 0.6) is 0 Å². The van der Waals surface area contributed by atoms with Crippen LogP contribution in [-0.4, -0.2) is 58.6 Å². The number of fused-ring (bicyclic) bond motifs is 1. The van der Waals surface area contributed by atoms with Crippen molar-refractivity contribution in [3.63, 3.8) is 0 Å². The van der Waals surface area contributed by atoms with Crippen LogP contribution in [0.15, 0.2) is 77.2 Å². The van der Waals surface area contributed by atoms with Crippen molar-refractivity contribution in [3.05, 3.63) is 83.9 Å². The zero-order chi connectivity index (χ0) is 26.7. The van der Waals surface area contributed by atoms with Crippen molar-refractivity contribution in [2.45, 2.75) is 32.9 Å². The van der Waals surface area contributed by atoms with Gasteiger partial charge in [0.15, 0.2) is 5.58 Å². The summed E-state index contributed by atoms with van der Waals surface area (Å²) in [5.41, 5.74) is 3.99. The molecule has 5 rings (SSSR count). The molecule has 3 aromatic carbocycles. The van der Waals surface area contributed by atoms with Gasteiger partial charge in [-0.2, -0.15) is 0 Å². The normalized spacial score (nSPS) is 14.4. The third-order valence-electron chi connectivity index (χ3n) is 6.32. The van der Waals surface area contributed by atoms with E-state index in [9.17, 15) is 9.59 Å². The zero-order valence-electron chi connectivity index (χ0n) is 21.9. The summed E-state index contributed by atoms with van der Waals surface area (Å²) >= 11 is 0. The van der Waals surface area contributed by atoms with E-state index in [1.165, 1.54) is 0 Å². The largest absolute Gasteiger partial charge is 0.444 e. The molecule has 196 valence electrons. The summed E-state index contributed by atoms with van der Waals surface area (Å²) in [5, 5.41) is 2.98. The van der Waals surface area contributed by atoms with Gasteiger partial charge in [-0.3, -0.25) is 9.69 Å². The lowest BCUT2D eigenvalue weighted by molar-refractivity contribution is 0.0139. The first-order valence-electron chi connectivity index (χ1n) is 12.8. The monoisotopic (exact) mass is 512 g/mol. The Morgan fingerprint density at radius 1 is 0.947 bits per heavy atom. The number of hydrogen-bond acceptors (Lipinski definition) is 6. The second-order valence-corrected chi connectivity index (χ2v) is 10.4. The van der Waals surface area contributed by atoms with Crippen molar-refractivity contribution in [1.29, 1.82) is 0 Å². The Balaban J connectivity index is 1.27. The maximum atomic E-state index is 12.7. The highest BCUT2D eigenvalue weighted by Crippen LogP contribution is 2.31. The molecular formula is C30H32N4O4. The fraction of sp³-hybridized carbons (Fsp3) is 0.300. The average molecular weight is 513 g/mol. The number of piperazine rings is 1. The van der Waals surface area contributed by atoms with Crippen LogP contribution >= 0.6 is 0 Å². The Morgan fingerprint density at radius 2 is 1.66 bits per heavy atom. The van der Waals surface area contributed by atoms with Gasteiger partial charge in [0.05, 0.1) is 11.3 Å². The Bertz CT molecular complexity index is 1430. The zero-order valence-corrected chi connectivity index (χ0v) is 21.9. The van der Waals surface area contributed by atoms with E-state index in [0.29, 0.717) is 41.4 Å². The number of para-hydroxylation sites is 1. The van der Waals surface area contributed by atoms with Crippen molar-refractivity contribution in [3.8, 4) is 11.5 Å². The SMILES string of the molecule is CC(C)(C)OC(=O)N1CCN(Cc2ccc3nc(-c4ccccc4NC(=O)c4ccccc4)oc3c2)CC1. The van der Waals surface area contributed by atoms with Crippen LogP contribution in [0.4, 0.5) is 10.5 Å². The van der Waals surface area contributed by atoms with E-state index >= 15 is 0 Å². The molecule has 38 heavy (non-hydrogen) atoms. The highest BCUT2D eigenvalue weighted by Gasteiger charge is 2.26. The van der Waals surface area contributed by atoms with Crippen LogP contribution in [0.1, 0.15) is 36.7 Å². The van der Waals surface area contributed by atoms with Gasteiger partial charge in [-0.25, -0.2) is 9.78 Å². The first-order valence-corrected chi connectivity index (χ1v) is 12.8. The molecule has 2 heterocycles. The maximum absolute atomic E-state index is 12.7. The molecule has 2 amide bonds. The fourth-order valence-electron chi connectivity index (χ4n) is 4.42. The first-order chi connectivity index (χ1) is 18.2. The van der Waals surface area contributed by atoms with Gasteiger partial charge in [0.2, 0.25) is 5.89 Å². The van der Waals surface area contributed by atoms with Crippen molar-refractivity contribution < 1.29 is 18.7 Å². The number of ether oxygens (including phenoxy) is 1. The number of aromatic nitrogens is 1. The quantitative estimate of drug-likeness (QED) is 0.364. The molecule has 0 bridgehead atoms. The van der Waals surface area contributed by atoms with Gasteiger partial charge < -0.3 is 19.4 Å². The van der Waals surface area contributed by atoms with Crippen LogP contribution in [0.3, 0.4) is 0 Å². The predicted molar refractivity (Wildman–Crippen MR) is 147 cm³/mol. The van der Waals surface area contributed by atoms with Crippen molar-refractivity contribution >= 4 is 28.8 Å². The van der Waals surface area contributed by atoms with Crippen LogP contribution in [0, 0.1) is 0 Å². The molecule has 0 saturated carbocycles. The molecule has 1 aromatic heterocycles. The number of nitrogens with one attached hydrogen (secondary N) is 1. The maximum Gasteiger partial charge on any atom is 0.410 e. The first kappa shape index (κ1) is 25.5. The summed E-state index contributed by atoms with van der Waals surface area (Å²) in [4.78, 5) is 33.8. The van der Waals surface area contributed by atoms with Crippen LogP contribution in [0.2, 0.25) is 0 Å². The minimum Gasteiger partial charge on any atom is -0.444 e. The van der Waals surface area contributed by atoms with Crippen LogP contribution in [-0.2, 0) is 11.3 Å². The number of amides is 2. The molecular weight excluding hydrogens is 480 g/mol. The minimum absolute atomic E-state index is 0.191. The van der Waals surface area contributed by atoms with Crippen LogP contribution < -0.4 is 5.32 Å². The number of rotatable bonds is 5. The second-order valence-electron chi connectivity index (χ2n) is 10.4. The number of anilines is 1. The van der Waals surface area contributed by atoms with E-state index < -0.39 is 5.60 Å². The smallest absolute Gasteiger partial charge is 0.410 e. The molecule has 0 unspecified atom stereocenters. The Hall–Kier alpha value is -4.17. The Kier molecular flexibility index (Phi) is 7.15.